The van der Waals surface area contributed by atoms with E-state index >= 15 is 0 Å². The van der Waals surface area contributed by atoms with Gasteiger partial charge in [-0.3, -0.25) is 0 Å². The summed E-state index contributed by atoms with van der Waals surface area (Å²) in [6.45, 7) is 0. The van der Waals surface area contributed by atoms with Crippen LogP contribution in [0.15, 0.2) is 224 Å². The minimum absolute atomic E-state index is 1.10. The Balaban J connectivity index is 1.01. The van der Waals surface area contributed by atoms with Crippen LogP contribution in [0.25, 0.3) is 71.3 Å². The molecule has 10 aromatic carbocycles. The molecule has 3 nitrogen and oxygen atoms in total. The summed E-state index contributed by atoms with van der Waals surface area (Å²) >= 11 is 0. The molecule has 0 unspecified atom stereocenters. The Kier molecular flexibility index (Phi) is 7.54. The summed E-state index contributed by atoms with van der Waals surface area (Å²) in [5.74, 6) is 0. The maximum absolute atomic E-state index is 2.43. The zero-order valence-corrected chi connectivity index (χ0v) is 32.2. The van der Waals surface area contributed by atoms with E-state index in [0.29, 0.717) is 0 Å². The number of anilines is 6. The van der Waals surface area contributed by atoms with Crippen molar-refractivity contribution in [3.8, 4) is 27.9 Å². The lowest BCUT2D eigenvalue weighted by atomic mass is 9.89. The van der Waals surface area contributed by atoms with Crippen molar-refractivity contribution in [1.82, 2.24) is 4.57 Å². The van der Waals surface area contributed by atoms with Gasteiger partial charge in [0.1, 0.15) is 0 Å². The van der Waals surface area contributed by atoms with Crippen molar-refractivity contribution < 1.29 is 0 Å². The van der Waals surface area contributed by atoms with E-state index in [0.717, 1.165) is 28.4 Å². The van der Waals surface area contributed by atoms with Crippen LogP contribution in [-0.2, 0) is 0 Å². The van der Waals surface area contributed by atoms with Crippen molar-refractivity contribution in [2.24, 2.45) is 0 Å². The quantitative estimate of drug-likeness (QED) is 0.168. The monoisotopic (exact) mass is 751 g/mol. The fourth-order valence-corrected chi connectivity index (χ4v) is 9.43. The summed E-state index contributed by atoms with van der Waals surface area (Å²) in [4.78, 5) is 4.84. The fraction of sp³-hybridized carbons (Fsp3) is 0. The second-order valence-electron chi connectivity index (χ2n) is 15.4. The van der Waals surface area contributed by atoms with E-state index in [4.69, 9.17) is 0 Å². The molecule has 0 spiro atoms. The summed E-state index contributed by atoms with van der Waals surface area (Å²) < 4.78 is 2.38. The molecule has 276 valence electrons. The number of benzene rings is 10. The van der Waals surface area contributed by atoms with Gasteiger partial charge in [0, 0.05) is 49.9 Å². The molecular formula is C56H37N3. The highest BCUT2D eigenvalue weighted by atomic mass is 15.2. The number of hydrogen-bond acceptors (Lipinski definition) is 2. The van der Waals surface area contributed by atoms with Gasteiger partial charge in [0.2, 0.25) is 0 Å². The summed E-state index contributed by atoms with van der Waals surface area (Å²) in [5.41, 5.74) is 15.3. The molecule has 0 aliphatic carbocycles. The Labute approximate surface area is 342 Å². The lowest BCUT2D eigenvalue weighted by Crippen LogP contribution is -2.15. The van der Waals surface area contributed by atoms with E-state index in [1.54, 1.807) is 0 Å². The van der Waals surface area contributed by atoms with Crippen molar-refractivity contribution in [3.63, 3.8) is 0 Å². The van der Waals surface area contributed by atoms with Gasteiger partial charge in [0.05, 0.1) is 28.1 Å². The Morgan fingerprint density at radius 3 is 1.80 bits per heavy atom. The van der Waals surface area contributed by atoms with Crippen LogP contribution >= 0.6 is 0 Å². The van der Waals surface area contributed by atoms with Crippen molar-refractivity contribution in [2.75, 3.05) is 9.80 Å². The molecule has 0 saturated heterocycles. The molecule has 1 aliphatic heterocycles. The van der Waals surface area contributed by atoms with Gasteiger partial charge in [0.15, 0.2) is 0 Å². The minimum atomic E-state index is 1.10. The Morgan fingerprint density at radius 1 is 0.339 bits per heavy atom. The van der Waals surface area contributed by atoms with Crippen LogP contribution in [0.2, 0.25) is 0 Å². The molecule has 1 aliphatic rings. The van der Waals surface area contributed by atoms with Gasteiger partial charge in [-0.25, -0.2) is 0 Å². The van der Waals surface area contributed by atoms with Crippen LogP contribution in [0, 0.1) is 0 Å². The summed E-state index contributed by atoms with van der Waals surface area (Å²) in [6.07, 6.45) is 0. The third kappa shape index (κ3) is 5.29. The summed E-state index contributed by atoms with van der Waals surface area (Å²) in [6, 6.07) is 81.7. The molecule has 0 bridgehead atoms. The van der Waals surface area contributed by atoms with Gasteiger partial charge >= 0.3 is 0 Å². The highest BCUT2D eigenvalue weighted by Gasteiger charge is 2.26. The molecule has 0 N–H and O–H groups in total. The third-order valence-electron chi connectivity index (χ3n) is 12.1. The second-order valence-corrected chi connectivity index (χ2v) is 15.4. The first-order chi connectivity index (χ1) is 29.3. The molecular weight excluding hydrogens is 715 g/mol. The highest BCUT2D eigenvalue weighted by Crippen LogP contribution is 2.52. The Morgan fingerprint density at radius 2 is 0.966 bits per heavy atom. The average molecular weight is 752 g/mol. The zero-order valence-electron chi connectivity index (χ0n) is 32.2. The fourth-order valence-electron chi connectivity index (χ4n) is 9.43. The molecule has 0 atom stereocenters. The largest absolute Gasteiger partial charge is 0.310 e. The van der Waals surface area contributed by atoms with Gasteiger partial charge in [0.25, 0.3) is 0 Å². The number of hydrogen-bond donors (Lipinski definition) is 0. The SMILES string of the molecule is c1ccc(N2c3cc(-c4ccc(N(c5ccc6c(c5)c5ccccc5n6-c5ccccc5)c5cccc6ccccc56)cc4)ccc3-c3cccc4cccc2c34)cc1. The Bertz CT molecular complexity index is 3370. The van der Waals surface area contributed by atoms with Gasteiger partial charge < -0.3 is 14.4 Å². The van der Waals surface area contributed by atoms with E-state index in [1.807, 2.05) is 0 Å². The number of rotatable bonds is 6. The molecule has 11 aromatic rings. The van der Waals surface area contributed by atoms with Crippen molar-refractivity contribution >= 4 is 77.5 Å². The zero-order chi connectivity index (χ0) is 38.9. The van der Waals surface area contributed by atoms with Crippen molar-refractivity contribution in [1.29, 1.82) is 0 Å². The predicted molar refractivity (Wildman–Crippen MR) is 250 cm³/mol. The predicted octanol–water partition coefficient (Wildman–Crippen LogP) is 15.7. The number of para-hydroxylation sites is 3. The number of fused-ring (bicyclic) bond motifs is 6. The topological polar surface area (TPSA) is 11.4 Å². The van der Waals surface area contributed by atoms with Crippen LogP contribution in [0.3, 0.4) is 0 Å². The van der Waals surface area contributed by atoms with Crippen LogP contribution < -0.4 is 9.80 Å². The lowest BCUT2D eigenvalue weighted by Gasteiger charge is -2.34. The third-order valence-corrected chi connectivity index (χ3v) is 12.1. The van der Waals surface area contributed by atoms with E-state index in [-0.39, 0.29) is 0 Å². The summed E-state index contributed by atoms with van der Waals surface area (Å²) in [7, 11) is 0. The molecule has 1 aromatic heterocycles. The van der Waals surface area contributed by atoms with E-state index < -0.39 is 0 Å². The molecule has 0 amide bonds. The highest BCUT2D eigenvalue weighted by molar-refractivity contribution is 6.14. The number of aromatic nitrogens is 1. The normalized spacial score (nSPS) is 12.0. The molecule has 0 radical (unpaired) electrons. The first-order valence-corrected chi connectivity index (χ1v) is 20.3. The second kappa shape index (κ2) is 13.4. The van der Waals surface area contributed by atoms with Gasteiger partial charge in [-0.15, -0.1) is 0 Å². The van der Waals surface area contributed by atoms with E-state index in [2.05, 4.69) is 239 Å². The standard InChI is InChI=1S/C56H37N3/c1-3-18-42(19-4-1)58-52-25-10-9-23-47(52)50-37-45(33-35-53(50)58)57(51-26-12-15-39-14-7-8-22-46(39)51)44-31-28-38(29-32-44)41-30-34-48-49-24-11-16-40-17-13-27-54(56(40)49)59(55(48)36-41)43-20-5-2-6-21-43/h1-37H. The lowest BCUT2D eigenvalue weighted by molar-refractivity contribution is 1.18. The summed E-state index contributed by atoms with van der Waals surface area (Å²) in [5, 5.41) is 7.41. The molecule has 0 fully saturated rings. The Hall–Kier alpha value is -7.88. The van der Waals surface area contributed by atoms with Crippen molar-refractivity contribution in [2.45, 2.75) is 0 Å². The maximum Gasteiger partial charge on any atom is 0.0546 e. The molecule has 12 rings (SSSR count). The average Bonchev–Trinajstić information content (AvgIpc) is 3.64. The molecule has 3 heteroatoms. The van der Waals surface area contributed by atoms with Crippen LogP contribution in [0.5, 0.6) is 0 Å². The van der Waals surface area contributed by atoms with Crippen molar-refractivity contribution in [3.05, 3.63) is 224 Å². The van der Waals surface area contributed by atoms with Crippen LogP contribution in [-0.4, -0.2) is 4.57 Å². The molecule has 0 saturated carbocycles. The van der Waals surface area contributed by atoms with Gasteiger partial charge in [-0.05, 0) is 106 Å². The van der Waals surface area contributed by atoms with Gasteiger partial charge in [-0.2, -0.15) is 0 Å². The first-order valence-electron chi connectivity index (χ1n) is 20.3. The smallest absolute Gasteiger partial charge is 0.0546 e. The van der Waals surface area contributed by atoms with E-state index in [1.165, 1.54) is 77.0 Å². The van der Waals surface area contributed by atoms with Crippen LogP contribution in [0.4, 0.5) is 34.1 Å². The first kappa shape index (κ1) is 33.3. The van der Waals surface area contributed by atoms with Crippen LogP contribution in [0.1, 0.15) is 0 Å². The minimum Gasteiger partial charge on any atom is -0.310 e. The maximum atomic E-state index is 2.43. The molecule has 2 heterocycles. The van der Waals surface area contributed by atoms with E-state index in [9.17, 15) is 0 Å². The number of nitrogens with zero attached hydrogens (tertiary/aromatic N) is 3. The molecule has 59 heavy (non-hydrogen) atoms. The van der Waals surface area contributed by atoms with Gasteiger partial charge in [-0.1, -0.05) is 146 Å².